The van der Waals surface area contributed by atoms with E-state index in [9.17, 15) is 14.4 Å². The Morgan fingerprint density at radius 3 is 2.12 bits per heavy atom. The van der Waals surface area contributed by atoms with Crippen LogP contribution in [0.3, 0.4) is 0 Å². The number of hydrogen-bond donors (Lipinski definition) is 2. The summed E-state index contributed by atoms with van der Waals surface area (Å²) in [6.45, 7) is 10.5. The summed E-state index contributed by atoms with van der Waals surface area (Å²) in [5.41, 5.74) is -0.505. The number of carbonyl (C=O) groups is 3. The second-order valence-electron chi connectivity index (χ2n) is 6.76. The van der Waals surface area contributed by atoms with Gasteiger partial charge in [0.15, 0.2) is 0 Å². The number of unbranched alkanes of at least 4 members (excludes halogenated alkanes) is 2. The van der Waals surface area contributed by atoms with Gasteiger partial charge in [0.25, 0.3) is 0 Å². The lowest BCUT2D eigenvalue weighted by molar-refractivity contribution is -0.152. The number of carbonyl (C=O) groups excluding carboxylic acids is 3. The highest BCUT2D eigenvalue weighted by molar-refractivity contribution is 5.82. The third-order valence-electron chi connectivity index (χ3n) is 3.16. The van der Waals surface area contributed by atoms with Gasteiger partial charge < -0.3 is 24.8 Å². The first kappa shape index (κ1) is 24.2. The molecule has 0 bridgehead atoms. The van der Waals surface area contributed by atoms with Crippen molar-refractivity contribution in [2.75, 3.05) is 26.3 Å². The van der Waals surface area contributed by atoms with Gasteiger partial charge >= 0.3 is 18.0 Å². The molecular formula is C18H34N2O6. The Bertz CT molecular complexity index is 434. The van der Waals surface area contributed by atoms with Gasteiger partial charge in [-0.05, 0) is 54.0 Å². The van der Waals surface area contributed by atoms with Crippen molar-refractivity contribution in [1.82, 2.24) is 10.6 Å². The predicted molar refractivity (Wildman–Crippen MR) is 97.8 cm³/mol. The van der Waals surface area contributed by atoms with Crippen LogP contribution in [-0.4, -0.2) is 56.0 Å². The topological polar surface area (TPSA) is 103 Å². The summed E-state index contributed by atoms with van der Waals surface area (Å²) < 4.78 is 15.0. The molecule has 0 fully saturated rings. The van der Waals surface area contributed by atoms with Crippen LogP contribution in [0.1, 0.15) is 60.3 Å². The van der Waals surface area contributed by atoms with Gasteiger partial charge in [-0.2, -0.15) is 0 Å². The van der Waals surface area contributed by atoms with Crippen LogP contribution < -0.4 is 10.6 Å². The van der Waals surface area contributed by atoms with Crippen LogP contribution in [-0.2, 0) is 23.8 Å². The van der Waals surface area contributed by atoms with Crippen LogP contribution in [0.4, 0.5) is 4.79 Å². The van der Waals surface area contributed by atoms with Crippen molar-refractivity contribution >= 4 is 18.0 Å². The average Bonchev–Trinajstić information content (AvgIpc) is 2.51. The van der Waals surface area contributed by atoms with Crippen LogP contribution in [0.15, 0.2) is 0 Å². The molecule has 0 saturated heterocycles. The minimum atomic E-state index is -0.700. The highest BCUT2D eigenvalue weighted by atomic mass is 16.6. The van der Waals surface area contributed by atoms with E-state index in [0.717, 1.165) is 19.3 Å². The molecular weight excluding hydrogens is 340 g/mol. The Labute approximate surface area is 156 Å². The largest absolute Gasteiger partial charge is 0.466 e. The molecule has 2 N–H and O–H groups in total. The van der Waals surface area contributed by atoms with Gasteiger partial charge in [-0.3, -0.25) is 9.59 Å². The number of nitrogens with one attached hydrogen (secondary N) is 2. The fraction of sp³-hybridized carbons (Fsp3) is 0.833. The van der Waals surface area contributed by atoms with E-state index in [1.165, 1.54) is 0 Å². The third-order valence-corrected chi connectivity index (χ3v) is 3.16. The molecule has 0 aliphatic carbocycles. The molecule has 0 rings (SSSR count). The molecule has 1 amide bonds. The van der Waals surface area contributed by atoms with E-state index in [1.807, 2.05) is 20.8 Å². The Balaban J connectivity index is 3.98. The quantitative estimate of drug-likeness (QED) is 0.306. The molecule has 152 valence electrons. The first-order valence-electron chi connectivity index (χ1n) is 9.22. The van der Waals surface area contributed by atoms with Crippen LogP contribution in [0.25, 0.3) is 0 Å². The smallest absolute Gasteiger partial charge is 0.407 e. The van der Waals surface area contributed by atoms with Crippen molar-refractivity contribution in [2.45, 2.75) is 71.9 Å². The van der Waals surface area contributed by atoms with Crippen molar-refractivity contribution in [3.05, 3.63) is 0 Å². The number of alkyl carbamates (subject to hydrolysis) is 1. The second-order valence-corrected chi connectivity index (χ2v) is 6.76. The van der Waals surface area contributed by atoms with Crippen molar-refractivity contribution in [3.63, 3.8) is 0 Å². The summed E-state index contributed by atoms with van der Waals surface area (Å²) >= 11 is 0. The van der Waals surface area contributed by atoms with Gasteiger partial charge in [0.2, 0.25) is 0 Å². The number of amides is 1. The Morgan fingerprint density at radius 1 is 0.923 bits per heavy atom. The van der Waals surface area contributed by atoms with Gasteiger partial charge in [-0.1, -0.05) is 6.42 Å². The molecule has 1 atom stereocenters. The summed E-state index contributed by atoms with van der Waals surface area (Å²) in [7, 11) is 0. The van der Waals surface area contributed by atoms with Crippen molar-refractivity contribution in [2.24, 2.45) is 0 Å². The van der Waals surface area contributed by atoms with Crippen LogP contribution in [0.2, 0.25) is 0 Å². The number of esters is 2. The zero-order valence-electron chi connectivity index (χ0n) is 16.7. The molecule has 0 aromatic carbocycles. The fourth-order valence-corrected chi connectivity index (χ4v) is 2.08. The van der Waals surface area contributed by atoms with Crippen LogP contribution in [0.5, 0.6) is 0 Å². The molecule has 0 aliphatic rings. The van der Waals surface area contributed by atoms with E-state index in [0.29, 0.717) is 13.1 Å². The Hall–Kier alpha value is -1.83. The molecule has 26 heavy (non-hydrogen) atoms. The molecule has 0 aromatic heterocycles. The maximum Gasteiger partial charge on any atom is 0.407 e. The third kappa shape index (κ3) is 13.5. The molecule has 0 heterocycles. The van der Waals surface area contributed by atoms with Crippen LogP contribution >= 0.6 is 0 Å². The summed E-state index contributed by atoms with van der Waals surface area (Å²) in [6.07, 6.45) is 1.98. The molecule has 0 saturated carbocycles. The van der Waals surface area contributed by atoms with E-state index in [-0.39, 0.29) is 19.6 Å². The van der Waals surface area contributed by atoms with Crippen molar-refractivity contribution < 1.29 is 28.6 Å². The summed E-state index contributed by atoms with van der Waals surface area (Å²) in [6, 6.07) is -0.700. The lowest BCUT2D eigenvalue weighted by Gasteiger charge is -2.19. The lowest BCUT2D eigenvalue weighted by atomic mass is 10.2. The molecule has 8 heteroatoms. The zero-order valence-corrected chi connectivity index (χ0v) is 16.7. The zero-order chi connectivity index (χ0) is 20.0. The first-order chi connectivity index (χ1) is 12.2. The minimum absolute atomic E-state index is 0.0487. The second kappa shape index (κ2) is 13.4. The molecule has 0 aliphatic heterocycles. The molecule has 1 unspecified atom stereocenters. The SMILES string of the molecule is CCOC(=O)CC(NCCCCCNC(=O)OC(C)(C)C)C(=O)OCC. The molecule has 0 radical (unpaired) electrons. The van der Waals surface area contributed by atoms with Gasteiger partial charge in [0.05, 0.1) is 19.6 Å². The average molecular weight is 374 g/mol. The lowest BCUT2D eigenvalue weighted by Crippen LogP contribution is -2.40. The van der Waals surface area contributed by atoms with E-state index in [2.05, 4.69) is 10.6 Å². The highest BCUT2D eigenvalue weighted by Crippen LogP contribution is 2.06. The molecule has 8 nitrogen and oxygen atoms in total. The maximum absolute atomic E-state index is 11.9. The monoisotopic (exact) mass is 374 g/mol. The number of ether oxygens (including phenoxy) is 3. The first-order valence-corrected chi connectivity index (χ1v) is 9.22. The highest BCUT2D eigenvalue weighted by Gasteiger charge is 2.23. The number of rotatable bonds is 12. The van der Waals surface area contributed by atoms with E-state index in [1.54, 1.807) is 13.8 Å². The van der Waals surface area contributed by atoms with Gasteiger partial charge in [-0.25, -0.2) is 4.79 Å². The van der Waals surface area contributed by atoms with Gasteiger partial charge in [-0.15, -0.1) is 0 Å². The van der Waals surface area contributed by atoms with E-state index >= 15 is 0 Å². The normalized spacial score (nSPS) is 12.2. The predicted octanol–water partition coefficient (Wildman–Crippen LogP) is 2.16. The Morgan fingerprint density at radius 2 is 1.54 bits per heavy atom. The van der Waals surface area contributed by atoms with Gasteiger partial charge in [0.1, 0.15) is 11.6 Å². The summed E-state index contributed by atoms with van der Waals surface area (Å²) in [5, 5.41) is 5.73. The number of hydrogen-bond acceptors (Lipinski definition) is 7. The van der Waals surface area contributed by atoms with E-state index < -0.39 is 29.7 Å². The summed E-state index contributed by atoms with van der Waals surface area (Å²) in [4.78, 5) is 34.9. The summed E-state index contributed by atoms with van der Waals surface area (Å²) in [5.74, 6) is -0.883. The van der Waals surface area contributed by atoms with Crippen LogP contribution in [0, 0.1) is 0 Å². The minimum Gasteiger partial charge on any atom is -0.466 e. The van der Waals surface area contributed by atoms with Gasteiger partial charge in [0, 0.05) is 6.54 Å². The molecule has 0 spiro atoms. The van der Waals surface area contributed by atoms with Crippen molar-refractivity contribution in [3.8, 4) is 0 Å². The Kier molecular flexibility index (Phi) is 12.4. The fourth-order valence-electron chi connectivity index (χ4n) is 2.08. The van der Waals surface area contributed by atoms with Crippen molar-refractivity contribution in [1.29, 1.82) is 0 Å². The maximum atomic E-state index is 11.9. The van der Waals surface area contributed by atoms with E-state index in [4.69, 9.17) is 14.2 Å². The standard InChI is InChI=1S/C18H34N2O6/c1-6-24-15(21)13-14(16(22)25-7-2)19-11-9-8-10-12-20-17(23)26-18(3,4)5/h14,19H,6-13H2,1-5H3,(H,20,23). The molecule has 0 aromatic rings.